The van der Waals surface area contributed by atoms with Gasteiger partial charge in [0.25, 0.3) is 0 Å². The lowest BCUT2D eigenvalue weighted by Crippen LogP contribution is -2.54. The highest BCUT2D eigenvalue weighted by atomic mass is 32.2. The van der Waals surface area contributed by atoms with Crippen LogP contribution in [0.4, 0.5) is 4.79 Å². The van der Waals surface area contributed by atoms with Crippen molar-refractivity contribution >= 4 is 23.8 Å². The molecule has 1 aliphatic heterocycles. The molecule has 3 atom stereocenters. The van der Waals surface area contributed by atoms with E-state index in [1.165, 1.54) is 0 Å². The van der Waals surface area contributed by atoms with E-state index in [1.807, 2.05) is 6.26 Å². The molecule has 0 saturated carbocycles. The Morgan fingerprint density at radius 1 is 1.37 bits per heavy atom. The summed E-state index contributed by atoms with van der Waals surface area (Å²) < 4.78 is 0. The van der Waals surface area contributed by atoms with Gasteiger partial charge in [-0.1, -0.05) is 13.8 Å². The third-order valence-electron chi connectivity index (χ3n) is 3.35. The summed E-state index contributed by atoms with van der Waals surface area (Å²) in [5.41, 5.74) is 0. The molecule has 1 N–H and O–H groups in total. The number of aliphatic carboxylic acids is 1. The quantitative estimate of drug-likeness (QED) is 0.801. The van der Waals surface area contributed by atoms with Crippen LogP contribution in [0.3, 0.4) is 0 Å². The minimum Gasteiger partial charge on any atom is -0.548 e. The first-order valence-electron chi connectivity index (χ1n) is 6.69. The number of hydrogen-bond acceptors (Lipinski definition) is 4. The number of likely N-dealkylation sites (tertiary alicyclic amines) is 1. The summed E-state index contributed by atoms with van der Waals surface area (Å²) in [5.74, 6) is 0.399. The van der Waals surface area contributed by atoms with Crippen molar-refractivity contribution in [1.82, 2.24) is 10.2 Å². The molecule has 0 aromatic heterocycles. The van der Waals surface area contributed by atoms with E-state index < -0.39 is 12.0 Å². The number of carbonyl (C=O) groups excluding carboxylic acids is 2. The van der Waals surface area contributed by atoms with Crippen LogP contribution in [0.2, 0.25) is 0 Å². The number of piperidine rings is 1. The number of thioether (sulfide) groups is 1. The molecule has 0 aromatic rings. The number of hydrogen-bond donors (Lipinski definition) is 1. The summed E-state index contributed by atoms with van der Waals surface area (Å²) in [5, 5.41) is 13.6. The predicted molar refractivity (Wildman–Crippen MR) is 74.8 cm³/mol. The van der Waals surface area contributed by atoms with Crippen LogP contribution in [-0.4, -0.2) is 48.0 Å². The number of rotatable bonds is 5. The minimum absolute atomic E-state index is 0.284. The van der Waals surface area contributed by atoms with Crippen LogP contribution in [0.15, 0.2) is 0 Å². The maximum absolute atomic E-state index is 12.1. The monoisotopic (exact) mass is 287 g/mol. The summed E-state index contributed by atoms with van der Waals surface area (Å²) in [4.78, 5) is 24.8. The van der Waals surface area contributed by atoms with Crippen molar-refractivity contribution in [2.75, 3.05) is 25.1 Å². The summed E-state index contributed by atoms with van der Waals surface area (Å²) in [6.07, 6.45) is 3.41. The highest BCUT2D eigenvalue weighted by Crippen LogP contribution is 2.20. The van der Waals surface area contributed by atoms with Crippen LogP contribution in [0.25, 0.3) is 0 Å². The highest BCUT2D eigenvalue weighted by Gasteiger charge is 2.26. The fraction of sp³-hybridized carbons (Fsp3) is 0.846. The number of nitrogens with zero attached hydrogens (tertiary/aromatic N) is 1. The zero-order valence-corrected chi connectivity index (χ0v) is 12.7. The second kappa shape index (κ2) is 7.62. The molecule has 1 heterocycles. The smallest absolute Gasteiger partial charge is 0.317 e. The molecule has 0 bridgehead atoms. The fourth-order valence-corrected chi connectivity index (χ4v) is 3.03. The fourth-order valence-electron chi connectivity index (χ4n) is 2.55. The normalized spacial score (nSPS) is 24.9. The van der Waals surface area contributed by atoms with Crippen molar-refractivity contribution in [3.8, 4) is 0 Å². The Balaban J connectivity index is 2.53. The Kier molecular flexibility index (Phi) is 6.48. The van der Waals surface area contributed by atoms with Crippen LogP contribution >= 0.6 is 11.8 Å². The third kappa shape index (κ3) is 5.30. The van der Waals surface area contributed by atoms with Crippen LogP contribution in [-0.2, 0) is 4.79 Å². The molecule has 1 aliphatic rings. The molecule has 6 heteroatoms. The first-order chi connectivity index (χ1) is 8.93. The van der Waals surface area contributed by atoms with Crippen molar-refractivity contribution in [2.45, 2.75) is 32.7 Å². The second-order valence-electron chi connectivity index (χ2n) is 5.45. The number of carboxylic acids is 1. The van der Waals surface area contributed by atoms with Gasteiger partial charge in [0.05, 0.1) is 12.0 Å². The predicted octanol–water partition coefficient (Wildman–Crippen LogP) is 0.546. The lowest BCUT2D eigenvalue weighted by Gasteiger charge is -2.36. The molecular formula is C13H23N2O3S-. The van der Waals surface area contributed by atoms with Crippen LogP contribution in [0.5, 0.6) is 0 Å². The Morgan fingerprint density at radius 2 is 1.95 bits per heavy atom. The van der Waals surface area contributed by atoms with Gasteiger partial charge >= 0.3 is 6.03 Å². The molecule has 1 fully saturated rings. The summed E-state index contributed by atoms with van der Waals surface area (Å²) in [7, 11) is 0. The van der Waals surface area contributed by atoms with E-state index in [2.05, 4.69) is 19.2 Å². The largest absolute Gasteiger partial charge is 0.548 e. The van der Waals surface area contributed by atoms with Gasteiger partial charge in [-0.2, -0.15) is 11.8 Å². The topological polar surface area (TPSA) is 72.5 Å². The molecule has 0 aliphatic carbocycles. The molecule has 0 aromatic carbocycles. The van der Waals surface area contributed by atoms with Gasteiger partial charge in [0, 0.05) is 13.1 Å². The number of nitrogens with one attached hydrogen (secondary N) is 1. The number of carbonyl (C=O) groups is 2. The molecule has 5 nitrogen and oxygen atoms in total. The average Bonchev–Trinajstić information content (AvgIpc) is 2.32. The van der Waals surface area contributed by atoms with Crippen molar-refractivity contribution in [1.29, 1.82) is 0 Å². The molecule has 110 valence electrons. The van der Waals surface area contributed by atoms with Gasteiger partial charge < -0.3 is 20.1 Å². The van der Waals surface area contributed by atoms with Crippen molar-refractivity contribution in [3.05, 3.63) is 0 Å². The van der Waals surface area contributed by atoms with E-state index in [9.17, 15) is 14.7 Å². The van der Waals surface area contributed by atoms with Gasteiger partial charge in [-0.05, 0) is 36.7 Å². The number of carboxylic acid groups (broad SMARTS) is 1. The molecule has 0 spiro atoms. The van der Waals surface area contributed by atoms with E-state index in [0.717, 1.165) is 6.42 Å². The molecule has 19 heavy (non-hydrogen) atoms. The average molecular weight is 287 g/mol. The molecule has 2 amide bonds. The first kappa shape index (κ1) is 16.1. The van der Waals surface area contributed by atoms with Crippen molar-refractivity contribution in [3.63, 3.8) is 0 Å². The van der Waals surface area contributed by atoms with Gasteiger partial charge in [-0.15, -0.1) is 0 Å². The second-order valence-corrected chi connectivity index (χ2v) is 6.44. The van der Waals surface area contributed by atoms with Crippen molar-refractivity contribution < 1.29 is 14.7 Å². The Morgan fingerprint density at radius 3 is 2.42 bits per heavy atom. The zero-order valence-electron chi connectivity index (χ0n) is 11.8. The first-order valence-corrected chi connectivity index (χ1v) is 8.08. The van der Waals surface area contributed by atoms with Gasteiger partial charge in [0.15, 0.2) is 0 Å². The Labute approximate surface area is 119 Å². The maximum atomic E-state index is 12.1. The van der Waals surface area contributed by atoms with Crippen LogP contribution in [0.1, 0.15) is 26.7 Å². The molecule has 0 radical (unpaired) electrons. The van der Waals surface area contributed by atoms with E-state index >= 15 is 0 Å². The van der Waals surface area contributed by atoms with Gasteiger partial charge in [-0.3, -0.25) is 0 Å². The summed E-state index contributed by atoms with van der Waals surface area (Å²) >= 11 is 1.55. The summed E-state index contributed by atoms with van der Waals surface area (Å²) in [6.45, 7) is 5.61. The number of urea groups is 1. The van der Waals surface area contributed by atoms with E-state index in [1.54, 1.807) is 16.7 Å². The Hall–Kier alpha value is -0.910. The lowest BCUT2D eigenvalue weighted by molar-refractivity contribution is -0.308. The molecule has 1 rings (SSSR count). The van der Waals surface area contributed by atoms with Crippen molar-refractivity contribution in [2.24, 2.45) is 11.8 Å². The third-order valence-corrected chi connectivity index (χ3v) is 3.99. The number of amides is 2. The molecule has 0 unspecified atom stereocenters. The Bertz CT molecular complexity index is 315. The van der Waals surface area contributed by atoms with E-state index in [0.29, 0.717) is 37.1 Å². The lowest BCUT2D eigenvalue weighted by atomic mass is 9.92. The van der Waals surface area contributed by atoms with E-state index in [4.69, 9.17) is 0 Å². The highest BCUT2D eigenvalue weighted by molar-refractivity contribution is 7.98. The van der Waals surface area contributed by atoms with Gasteiger partial charge in [0.2, 0.25) is 0 Å². The SMILES string of the molecule is CSCC[C@H](NC(=O)N1C[C@H](C)C[C@H](C)C1)C(=O)[O-]. The molecule has 1 saturated heterocycles. The van der Waals surface area contributed by atoms with Crippen LogP contribution < -0.4 is 10.4 Å². The minimum atomic E-state index is -1.21. The summed E-state index contributed by atoms with van der Waals surface area (Å²) in [6, 6.07) is -1.18. The van der Waals surface area contributed by atoms with Crippen LogP contribution in [0, 0.1) is 11.8 Å². The van der Waals surface area contributed by atoms with Gasteiger partial charge in [0.1, 0.15) is 0 Å². The molecular weight excluding hydrogens is 264 g/mol. The van der Waals surface area contributed by atoms with E-state index in [-0.39, 0.29) is 6.03 Å². The zero-order chi connectivity index (χ0) is 14.4. The van der Waals surface area contributed by atoms with Gasteiger partial charge in [-0.25, -0.2) is 4.79 Å². The standard InChI is InChI=1S/C13H24N2O3S/c1-9-6-10(2)8-15(7-9)13(18)14-11(12(16)17)4-5-19-3/h9-11H,4-8H2,1-3H3,(H,14,18)(H,16,17)/p-1/t9-,10+,11-/m0/s1. The maximum Gasteiger partial charge on any atom is 0.317 e.